The van der Waals surface area contributed by atoms with Gasteiger partial charge in [0, 0.05) is 24.1 Å². The quantitative estimate of drug-likeness (QED) is 0.780. The number of rotatable bonds is 5. The average Bonchev–Trinajstić information content (AvgIpc) is 2.94. The highest BCUT2D eigenvalue weighted by Gasteiger charge is 2.06. The number of aryl methyl sites for hydroxylation is 1. The van der Waals surface area contributed by atoms with Gasteiger partial charge in [0.15, 0.2) is 0 Å². The summed E-state index contributed by atoms with van der Waals surface area (Å²) in [5.74, 6) is 1.42. The molecule has 0 amide bonds. The Hall–Kier alpha value is -2.47. The van der Waals surface area contributed by atoms with Gasteiger partial charge in [-0.25, -0.2) is 4.98 Å². The first-order chi connectivity index (χ1) is 10.3. The minimum atomic E-state index is 0.586. The van der Waals surface area contributed by atoms with Crippen LogP contribution < -0.4 is 5.32 Å². The number of aromatic nitrogens is 4. The molecule has 21 heavy (non-hydrogen) atoms. The van der Waals surface area contributed by atoms with E-state index in [-0.39, 0.29) is 0 Å². The molecule has 0 aliphatic rings. The molecular weight excluding hydrogens is 266 g/mol. The van der Waals surface area contributed by atoms with Crippen LogP contribution in [-0.4, -0.2) is 26.2 Å². The van der Waals surface area contributed by atoms with Gasteiger partial charge in [0.1, 0.15) is 12.1 Å². The van der Waals surface area contributed by atoms with Crippen LogP contribution in [0.4, 0.5) is 11.5 Å². The highest BCUT2D eigenvalue weighted by atomic mass is 16.5. The Morgan fingerprint density at radius 3 is 3.05 bits per heavy atom. The maximum Gasteiger partial charge on any atom is 0.254 e. The van der Waals surface area contributed by atoms with Crippen molar-refractivity contribution in [1.29, 1.82) is 0 Å². The standard InChI is InChI=1S/C15H17N5O/c1-3-21-9-12-5-4-6-13(8-12)19-14-7-11(2)18-15-16-10-17-20(14)15/h4-8,10,19H,3,9H2,1-2H3. The van der Waals surface area contributed by atoms with Gasteiger partial charge in [-0.2, -0.15) is 14.6 Å². The number of hydrogen-bond acceptors (Lipinski definition) is 5. The highest BCUT2D eigenvalue weighted by molar-refractivity contribution is 5.59. The summed E-state index contributed by atoms with van der Waals surface area (Å²) in [6.45, 7) is 5.25. The molecule has 2 aromatic heterocycles. The average molecular weight is 283 g/mol. The maximum absolute atomic E-state index is 5.44. The van der Waals surface area contributed by atoms with E-state index < -0.39 is 0 Å². The van der Waals surface area contributed by atoms with E-state index in [4.69, 9.17) is 4.74 Å². The van der Waals surface area contributed by atoms with Crippen molar-refractivity contribution >= 4 is 17.3 Å². The molecule has 3 rings (SSSR count). The van der Waals surface area contributed by atoms with Gasteiger partial charge >= 0.3 is 0 Å². The first-order valence-corrected chi connectivity index (χ1v) is 6.87. The Morgan fingerprint density at radius 1 is 1.29 bits per heavy atom. The minimum absolute atomic E-state index is 0.586. The van der Waals surface area contributed by atoms with E-state index in [9.17, 15) is 0 Å². The summed E-state index contributed by atoms with van der Waals surface area (Å²) in [4.78, 5) is 8.45. The van der Waals surface area contributed by atoms with Crippen molar-refractivity contribution in [1.82, 2.24) is 19.6 Å². The van der Waals surface area contributed by atoms with Crippen LogP contribution in [0.15, 0.2) is 36.7 Å². The first-order valence-electron chi connectivity index (χ1n) is 6.87. The van der Waals surface area contributed by atoms with Gasteiger partial charge in [-0.05, 0) is 31.5 Å². The topological polar surface area (TPSA) is 64.3 Å². The van der Waals surface area contributed by atoms with E-state index in [2.05, 4.69) is 26.4 Å². The van der Waals surface area contributed by atoms with Gasteiger partial charge in [0.2, 0.25) is 0 Å². The molecule has 0 saturated heterocycles. The predicted molar refractivity (Wildman–Crippen MR) is 80.6 cm³/mol. The lowest BCUT2D eigenvalue weighted by molar-refractivity contribution is 0.134. The van der Waals surface area contributed by atoms with Gasteiger partial charge in [0.05, 0.1) is 6.61 Å². The molecule has 0 radical (unpaired) electrons. The molecule has 3 aromatic rings. The van der Waals surface area contributed by atoms with Crippen molar-refractivity contribution in [3.8, 4) is 0 Å². The Morgan fingerprint density at radius 2 is 2.19 bits per heavy atom. The number of hydrogen-bond donors (Lipinski definition) is 1. The monoisotopic (exact) mass is 283 g/mol. The summed E-state index contributed by atoms with van der Waals surface area (Å²) >= 11 is 0. The Labute approximate surface area is 122 Å². The Kier molecular flexibility index (Phi) is 3.79. The summed E-state index contributed by atoms with van der Waals surface area (Å²) in [6.07, 6.45) is 1.50. The van der Waals surface area contributed by atoms with E-state index in [1.807, 2.05) is 38.1 Å². The summed E-state index contributed by atoms with van der Waals surface area (Å²) in [6, 6.07) is 10.1. The molecule has 1 aromatic carbocycles. The van der Waals surface area contributed by atoms with Crippen LogP contribution >= 0.6 is 0 Å². The summed E-state index contributed by atoms with van der Waals surface area (Å²) < 4.78 is 7.12. The SMILES string of the molecule is CCOCc1cccc(Nc2cc(C)nc3ncnn23)c1. The van der Waals surface area contributed by atoms with E-state index in [0.717, 1.165) is 22.8 Å². The molecule has 6 nitrogen and oxygen atoms in total. The van der Waals surface area contributed by atoms with E-state index in [1.165, 1.54) is 6.33 Å². The second-order valence-electron chi connectivity index (χ2n) is 4.72. The van der Waals surface area contributed by atoms with Crippen molar-refractivity contribution in [2.24, 2.45) is 0 Å². The third-order valence-corrected chi connectivity index (χ3v) is 3.05. The maximum atomic E-state index is 5.44. The number of nitrogens with one attached hydrogen (secondary N) is 1. The first kappa shape index (κ1) is 13.5. The predicted octanol–water partition coefficient (Wildman–Crippen LogP) is 2.71. The van der Waals surface area contributed by atoms with Crippen LogP contribution in [0.2, 0.25) is 0 Å². The molecule has 0 spiro atoms. The van der Waals surface area contributed by atoms with Gasteiger partial charge < -0.3 is 10.1 Å². The van der Waals surface area contributed by atoms with Crippen molar-refractivity contribution in [2.75, 3.05) is 11.9 Å². The molecule has 6 heteroatoms. The molecule has 108 valence electrons. The van der Waals surface area contributed by atoms with Crippen LogP contribution in [0.5, 0.6) is 0 Å². The summed E-state index contributed by atoms with van der Waals surface area (Å²) in [5.41, 5.74) is 3.00. The Balaban J connectivity index is 1.89. The lowest BCUT2D eigenvalue weighted by Gasteiger charge is -2.10. The smallest absolute Gasteiger partial charge is 0.254 e. The van der Waals surface area contributed by atoms with Gasteiger partial charge in [-0.15, -0.1) is 0 Å². The molecule has 0 fully saturated rings. The molecule has 0 unspecified atom stereocenters. The molecule has 1 N–H and O–H groups in total. The van der Waals surface area contributed by atoms with Gasteiger partial charge in [0.25, 0.3) is 5.78 Å². The van der Waals surface area contributed by atoms with E-state index in [0.29, 0.717) is 19.0 Å². The fourth-order valence-corrected chi connectivity index (χ4v) is 2.13. The van der Waals surface area contributed by atoms with Crippen LogP contribution in [-0.2, 0) is 11.3 Å². The van der Waals surface area contributed by atoms with E-state index in [1.54, 1.807) is 4.52 Å². The lowest BCUT2D eigenvalue weighted by atomic mass is 10.2. The molecule has 0 saturated carbocycles. The van der Waals surface area contributed by atoms with Crippen LogP contribution in [0.25, 0.3) is 5.78 Å². The largest absolute Gasteiger partial charge is 0.377 e. The third kappa shape index (κ3) is 3.00. The van der Waals surface area contributed by atoms with Crippen molar-refractivity contribution in [3.05, 3.63) is 47.9 Å². The fourth-order valence-electron chi connectivity index (χ4n) is 2.13. The summed E-state index contributed by atoms with van der Waals surface area (Å²) in [5, 5.41) is 7.54. The number of nitrogens with zero attached hydrogens (tertiary/aromatic N) is 4. The second kappa shape index (κ2) is 5.88. The van der Waals surface area contributed by atoms with Gasteiger partial charge in [-0.3, -0.25) is 0 Å². The van der Waals surface area contributed by atoms with Crippen molar-refractivity contribution < 1.29 is 4.74 Å². The lowest BCUT2D eigenvalue weighted by Crippen LogP contribution is -2.03. The molecule has 0 bridgehead atoms. The number of fused-ring (bicyclic) bond motifs is 1. The zero-order valence-corrected chi connectivity index (χ0v) is 12.1. The molecular formula is C15H17N5O. The fraction of sp³-hybridized carbons (Fsp3) is 0.267. The Bertz CT molecular complexity index is 753. The molecule has 0 atom stereocenters. The number of ether oxygens (including phenoxy) is 1. The third-order valence-electron chi connectivity index (χ3n) is 3.05. The zero-order chi connectivity index (χ0) is 14.7. The van der Waals surface area contributed by atoms with E-state index >= 15 is 0 Å². The number of anilines is 2. The summed E-state index contributed by atoms with van der Waals surface area (Å²) in [7, 11) is 0. The van der Waals surface area contributed by atoms with Gasteiger partial charge in [-0.1, -0.05) is 12.1 Å². The zero-order valence-electron chi connectivity index (χ0n) is 12.1. The normalized spacial score (nSPS) is 11.0. The second-order valence-corrected chi connectivity index (χ2v) is 4.72. The highest BCUT2D eigenvalue weighted by Crippen LogP contribution is 2.19. The minimum Gasteiger partial charge on any atom is -0.377 e. The number of benzene rings is 1. The van der Waals surface area contributed by atoms with Crippen LogP contribution in [0, 0.1) is 6.92 Å². The van der Waals surface area contributed by atoms with Crippen molar-refractivity contribution in [3.63, 3.8) is 0 Å². The molecule has 2 heterocycles. The molecule has 0 aliphatic carbocycles. The van der Waals surface area contributed by atoms with Crippen LogP contribution in [0.3, 0.4) is 0 Å². The van der Waals surface area contributed by atoms with Crippen LogP contribution in [0.1, 0.15) is 18.2 Å². The molecule has 0 aliphatic heterocycles. The van der Waals surface area contributed by atoms with Crippen molar-refractivity contribution in [2.45, 2.75) is 20.5 Å².